The maximum absolute atomic E-state index is 12.7. The van der Waals surface area contributed by atoms with Gasteiger partial charge in [-0.3, -0.25) is 4.79 Å². The van der Waals surface area contributed by atoms with Crippen molar-refractivity contribution >= 4 is 33.4 Å². The van der Waals surface area contributed by atoms with Crippen molar-refractivity contribution in [3.05, 3.63) is 49.1 Å². The average Bonchev–Trinajstić information content (AvgIpc) is 2.96. The molecule has 1 aromatic carbocycles. The summed E-state index contributed by atoms with van der Waals surface area (Å²) in [7, 11) is -3.90. The normalized spacial score (nSPS) is 16.9. The Morgan fingerprint density at radius 1 is 1.17 bits per heavy atom. The number of amidine groups is 1. The molecule has 0 aliphatic carbocycles. The number of ether oxygens (including phenoxy) is 1. The second-order valence-corrected chi connectivity index (χ2v) is 8.65. The first kappa shape index (κ1) is 21.8. The minimum Gasteiger partial charge on any atom is -0.452 e. The van der Waals surface area contributed by atoms with Crippen LogP contribution in [-0.4, -0.2) is 57.3 Å². The highest BCUT2D eigenvalue weighted by atomic mass is 32.2. The van der Waals surface area contributed by atoms with E-state index >= 15 is 0 Å². The number of benzene rings is 1. The molecular formula is C21H25N3O5S. The molecule has 0 radical (unpaired) electrons. The number of sulfonamides is 1. The average molecular weight is 432 g/mol. The third kappa shape index (κ3) is 4.62. The standard InChI is InChI=1S/C21H25N3O5S/c1-3-11-23(12-4-2)20(25)15-29-21(26)16-9-10-17-18(14-16)30(27,28)22-19-8-6-5-7-13-24(17)19/h3-4,9-10,14H,1-2,5-8,11-13,15H2. The van der Waals surface area contributed by atoms with Crippen LogP contribution in [0.5, 0.6) is 0 Å². The predicted octanol–water partition coefficient (Wildman–Crippen LogP) is 2.53. The molecule has 1 saturated heterocycles. The van der Waals surface area contributed by atoms with Gasteiger partial charge in [0, 0.05) is 26.1 Å². The number of hydrogen-bond acceptors (Lipinski definition) is 6. The highest BCUT2D eigenvalue weighted by Gasteiger charge is 2.32. The van der Waals surface area contributed by atoms with E-state index in [-0.39, 0.29) is 10.5 Å². The fourth-order valence-corrected chi connectivity index (χ4v) is 4.78. The fourth-order valence-electron chi connectivity index (χ4n) is 3.50. The molecule has 0 spiro atoms. The largest absolute Gasteiger partial charge is 0.452 e. The number of nitrogens with zero attached hydrogens (tertiary/aromatic N) is 3. The lowest BCUT2D eigenvalue weighted by Gasteiger charge is -2.29. The second-order valence-electron chi connectivity index (χ2n) is 7.08. The quantitative estimate of drug-likeness (QED) is 0.486. The zero-order valence-corrected chi connectivity index (χ0v) is 17.6. The summed E-state index contributed by atoms with van der Waals surface area (Å²) in [6, 6.07) is 4.39. The van der Waals surface area contributed by atoms with Crippen LogP contribution >= 0.6 is 0 Å². The zero-order chi connectivity index (χ0) is 21.7. The van der Waals surface area contributed by atoms with Crippen molar-refractivity contribution in [2.75, 3.05) is 31.1 Å². The van der Waals surface area contributed by atoms with Crippen LogP contribution in [0.4, 0.5) is 5.69 Å². The van der Waals surface area contributed by atoms with Gasteiger partial charge in [-0.05, 0) is 31.0 Å². The van der Waals surface area contributed by atoms with Gasteiger partial charge in [0.1, 0.15) is 10.7 Å². The summed E-state index contributed by atoms with van der Waals surface area (Å²) in [5, 5.41) is 0. The lowest BCUT2D eigenvalue weighted by molar-refractivity contribution is -0.133. The molecule has 1 fully saturated rings. The molecular weight excluding hydrogens is 406 g/mol. The molecule has 1 aromatic rings. The molecule has 0 aromatic heterocycles. The lowest BCUT2D eigenvalue weighted by atomic mass is 10.2. The van der Waals surface area contributed by atoms with Crippen LogP contribution in [0.15, 0.2) is 52.8 Å². The number of fused-ring (bicyclic) bond motifs is 3. The van der Waals surface area contributed by atoms with E-state index in [9.17, 15) is 18.0 Å². The minimum absolute atomic E-state index is 0.0196. The van der Waals surface area contributed by atoms with Gasteiger partial charge in [-0.2, -0.15) is 8.42 Å². The van der Waals surface area contributed by atoms with Gasteiger partial charge in [0.05, 0.1) is 11.3 Å². The Labute approximate surface area is 176 Å². The Morgan fingerprint density at radius 3 is 2.60 bits per heavy atom. The smallest absolute Gasteiger partial charge is 0.338 e. The Balaban J connectivity index is 1.78. The maximum Gasteiger partial charge on any atom is 0.338 e. The third-order valence-electron chi connectivity index (χ3n) is 4.96. The molecule has 0 N–H and O–H groups in total. The van der Waals surface area contributed by atoms with Gasteiger partial charge in [-0.15, -0.1) is 17.6 Å². The van der Waals surface area contributed by atoms with E-state index in [1.165, 1.54) is 17.0 Å². The Kier molecular flexibility index (Phi) is 6.71. The molecule has 160 valence electrons. The van der Waals surface area contributed by atoms with Crippen molar-refractivity contribution in [2.45, 2.75) is 30.6 Å². The highest BCUT2D eigenvalue weighted by molar-refractivity contribution is 7.90. The number of carbonyl (C=O) groups is 2. The summed E-state index contributed by atoms with van der Waals surface area (Å²) in [5.41, 5.74) is 0.579. The Morgan fingerprint density at radius 2 is 1.90 bits per heavy atom. The summed E-state index contributed by atoms with van der Waals surface area (Å²) in [6.07, 6.45) is 6.59. The SMILES string of the molecule is C=CCN(CC=C)C(=O)COC(=O)c1ccc2c(c1)S(=O)(=O)N=C1CCCCCN12. The first-order chi connectivity index (χ1) is 14.4. The van der Waals surface area contributed by atoms with Crippen molar-refractivity contribution in [1.29, 1.82) is 0 Å². The van der Waals surface area contributed by atoms with E-state index < -0.39 is 28.5 Å². The topological polar surface area (TPSA) is 96.3 Å². The molecule has 2 heterocycles. The molecule has 1 amide bonds. The van der Waals surface area contributed by atoms with Gasteiger partial charge in [-0.1, -0.05) is 18.6 Å². The van der Waals surface area contributed by atoms with Crippen LogP contribution in [0.3, 0.4) is 0 Å². The summed E-state index contributed by atoms with van der Waals surface area (Å²) in [4.78, 5) is 28.0. The van der Waals surface area contributed by atoms with Gasteiger partial charge < -0.3 is 14.5 Å². The molecule has 3 rings (SSSR count). The molecule has 30 heavy (non-hydrogen) atoms. The molecule has 0 saturated carbocycles. The van der Waals surface area contributed by atoms with E-state index in [4.69, 9.17) is 4.74 Å². The maximum atomic E-state index is 12.7. The number of carbonyl (C=O) groups excluding carboxylic acids is 2. The van der Waals surface area contributed by atoms with Gasteiger partial charge in [-0.25, -0.2) is 4.79 Å². The summed E-state index contributed by atoms with van der Waals surface area (Å²) >= 11 is 0. The molecule has 8 nitrogen and oxygen atoms in total. The van der Waals surface area contributed by atoms with Crippen LogP contribution in [0, 0.1) is 0 Å². The first-order valence-corrected chi connectivity index (χ1v) is 11.2. The fraction of sp³-hybridized carbons (Fsp3) is 0.381. The van der Waals surface area contributed by atoms with Crippen molar-refractivity contribution in [3.63, 3.8) is 0 Å². The first-order valence-electron chi connectivity index (χ1n) is 9.79. The molecule has 0 bridgehead atoms. The van der Waals surface area contributed by atoms with Crippen LogP contribution in [0.25, 0.3) is 0 Å². The van der Waals surface area contributed by atoms with Crippen LogP contribution < -0.4 is 4.90 Å². The number of amides is 1. The molecule has 2 aliphatic rings. The molecule has 2 aliphatic heterocycles. The molecule has 9 heteroatoms. The van der Waals surface area contributed by atoms with Gasteiger partial charge in [0.15, 0.2) is 6.61 Å². The van der Waals surface area contributed by atoms with Crippen molar-refractivity contribution in [3.8, 4) is 0 Å². The van der Waals surface area contributed by atoms with Gasteiger partial charge in [0.2, 0.25) is 0 Å². The van der Waals surface area contributed by atoms with Crippen LogP contribution in [0.1, 0.15) is 36.0 Å². The third-order valence-corrected chi connectivity index (χ3v) is 6.30. The predicted molar refractivity (Wildman–Crippen MR) is 114 cm³/mol. The van der Waals surface area contributed by atoms with Gasteiger partial charge in [0.25, 0.3) is 15.9 Å². The number of hydrogen-bond donors (Lipinski definition) is 0. The number of esters is 1. The second kappa shape index (κ2) is 9.25. The zero-order valence-electron chi connectivity index (χ0n) is 16.7. The monoisotopic (exact) mass is 431 g/mol. The summed E-state index contributed by atoms with van der Waals surface area (Å²) in [5.74, 6) is -0.623. The van der Waals surface area contributed by atoms with E-state index in [0.29, 0.717) is 37.6 Å². The molecule has 0 atom stereocenters. The number of anilines is 1. The van der Waals surface area contributed by atoms with Crippen molar-refractivity contribution in [1.82, 2.24) is 4.90 Å². The van der Waals surface area contributed by atoms with Crippen molar-refractivity contribution in [2.24, 2.45) is 4.40 Å². The van der Waals surface area contributed by atoms with Crippen LogP contribution in [-0.2, 0) is 19.6 Å². The highest BCUT2D eigenvalue weighted by Crippen LogP contribution is 2.35. The lowest BCUT2D eigenvalue weighted by Crippen LogP contribution is -2.35. The van der Waals surface area contributed by atoms with Crippen LogP contribution in [0.2, 0.25) is 0 Å². The Hall–Kier alpha value is -2.94. The van der Waals surface area contributed by atoms with Gasteiger partial charge >= 0.3 is 5.97 Å². The van der Waals surface area contributed by atoms with E-state index in [1.807, 2.05) is 4.90 Å². The van der Waals surface area contributed by atoms with E-state index in [1.54, 1.807) is 18.2 Å². The Bertz CT molecular complexity index is 990. The summed E-state index contributed by atoms with van der Waals surface area (Å²) < 4.78 is 34.4. The minimum atomic E-state index is -3.90. The summed E-state index contributed by atoms with van der Waals surface area (Å²) in [6.45, 7) is 8.00. The van der Waals surface area contributed by atoms with E-state index in [2.05, 4.69) is 17.6 Å². The van der Waals surface area contributed by atoms with E-state index in [0.717, 1.165) is 19.3 Å². The number of rotatable bonds is 7. The van der Waals surface area contributed by atoms with Crippen molar-refractivity contribution < 1.29 is 22.7 Å². The molecule has 0 unspecified atom stereocenters.